The predicted octanol–water partition coefficient (Wildman–Crippen LogP) is 0.888. The maximum Gasteiger partial charge on any atom is 0.0739 e. The van der Waals surface area contributed by atoms with Crippen LogP contribution in [0, 0.1) is 0 Å². The van der Waals surface area contributed by atoms with E-state index in [1.807, 2.05) is 0 Å². The summed E-state index contributed by atoms with van der Waals surface area (Å²) >= 11 is 0. The highest BCUT2D eigenvalue weighted by Crippen LogP contribution is 2.30. The van der Waals surface area contributed by atoms with E-state index < -0.39 is 0 Å². The third-order valence-electron chi connectivity index (χ3n) is 3.23. The third-order valence-corrected chi connectivity index (χ3v) is 3.23. The highest BCUT2D eigenvalue weighted by molar-refractivity contribution is 4.86. The van der Waals surface area contributed by atoms with Gasteiger partial charge in [0, 0.05) is 26.3 Å². The maximum absolute atomic E-state index is 5.98. The van der Waals surface area contributed by atoms with E-state index in [1.54, 1.807) is 0 Å². The molecule has 1 spiro atoms. The van der Waals surface area contributed by atoms with Crippen LogP contribution in [-0.4, -0.2) is 50.5 Å². The second-order valence-corrected chi connectivity index (χ2v) is 4.20. The van der Waals surface area contributed by atoms with E-state index >= 15 is 0 Å². The lowest BCUT2D eigenvalue weighted by Crippen LogP contribution is -2.39. The summed E-state index contributed by atoms with van der Waals surface area (Å²) in [6, 6.07) is 0. The average molecular weight is 185 g/mol. The summed E-state index contributed by atoms with van der Waals surface area (Å²) in [4.78, 5) is 2.35. The van der Waals surface area contributed by atoms with Crippen LogP contribution >= 0.6 is 0 Å². The van der Waals surface area contributed by atoms with Gasteiger partial charge in [-0.3, -0.25) is 0 Å². The molecule has 0 atom stereocenters. The van der Waals surface area contributed by atoms with Crippen LogP contribution in [0.25, 0.3) is 0 Å². The second kappa shape index (κ2) is 3.95. The van der Waals surface area contributed by atoms with Gasteiger partial charge in [-0.15, -0.1) is 0 Å². The Bertz CT molecular complexity index is 166. The van der Waals surface area contributed by atoms with Crippen molar-refractivity contribution in [1.29, 1.82) is 0 Å². The van der Waals surface area contributed by atoms with Gasteiger partial charge in [-0.2, -0.15) is 0 Å². The molecule has 2 fully saturated rings. The molecule has 0 unspecified atom stereocenters. The van der Waals surface area contributed by atoms with Crippen LogP contribution in [0.5, 0.6) is 0 Å². The van der Waals surface area contributed by atoms with E-state index in [4.69, 9.17) is 9.47 Å². The molecule has 0 aromatic carbocycles. The molecule has 0 aromatic rings. The summed E-state index contributed by atoms with van der Waals surface area (Å²) in [6.07, 6.45) is 3.34. The number of hydrogen-bond acceptors (Lipinski definition) is 3. The van der Waals surface area contributed by atoms with E-state index in [0.29, 0.717) is 0 Å². The Morgan fingerprint density at radius 3 is 2.54 bits per heavy atom. The summed E-state index contributed by atoms with van der Waals surface area (Å²) in [5.74, 6) is 0. The molecular formula is C10H19NO2. The van der Waals surface area contributed by atoms with Crippen molar-refractivity contribution >= 4 is 0 Å². The molecule has 2 aliphatic heterocycles. The van der Waals surface area contributed by atoms with Crippen molar-refractivity contribution in [2.24, 2.45) is 0 Å². The fraction of sp³-hybridized carbons (Fsp3) is 1.00. The summed E-state index contributed by atoms with van der Waals surface area (Å²) in [5.41, 5.74) is 0.156. The fourth-order valence-electron chi connectivity index (χ4n) is 2.13. The molecule has 0 aromatic heterocycles. The van der Waals surface area contributed by atoms with Gasteiger partial charge in [0.2, 0.25) is 0 Å². The molecule has 2 saturated heterocycles. The Hall–Kier alpha value is -0.120. The van der Waals surface area contributed by atoms with Crippen LogP contribution in [0.15, 0.2) is 0 Å². The van der Waals surface area contributed by atoms with Crippen molar-refractivity contribution < 1.29 is 9.47 Å². The largest absolute Gasteiger partial charge is 0.381 e. The SMILES string of the molecule is CN1CCOC2(CCOCC2)CC1. The van der Waals surface area contributed by atoms with Crippen LogP contribution in [0.4, 0.5) is 0 Å². The molecular weight excluding hydrogens is 166 g/mol. The summed E-state index contributed by atoms with van der Waals surface area (Å²) in [5, 5.41) is 0. The Balaban J connectivity index is 1.95. The zero-order valence-electron chi connectivity index (χ0n) is 8.42. The number of hydrogen-bond donors (Lipinski definition) is 0. The quantitative estimate of drug-likeness (QED) is 0.559. The first kappa shape index (κ1) is 9.44. The molecule has 0 bridgehead atoms. The smallest absolute Gasteiger partial charge is 0.0739 e. The van der Waals surface area contributed by atoms with Gasteiger partial charge in [0.15, 0.2) is 0 Å². The van der Waals surface area contributed by atoms with Crippen LogP contribution < -0.4 is 0 Å². The van der Waals surface area contributed by atoms with Gasteiger partial charge in [-0.25, -0.2) is 0 Å². The van der Waals surface area contributed by atoms with E-state index in [0.717, 1.165) is 39.2 Å². The first-order valence-corrected chi connectivity index (χ1v) is 5.21. The molecule has 2 aliphatic rings. The van der Waals surface area contributed by atoms with Crippen LogP contribution in [0.1, 0.15) is 19.3 Å². The minimum Gasteiger partial charge on any atom is -0.381 e. The van der Waals surface area contributed by atoms with Crippen LogP contribution in [0.2, 0.25) is 0 Å². The second-order valence-electron chi connectivity index (χ2n) is 4.20. The first-order valence-electron chi connectivity index (χ1n) is 5.21. The lowest BCUT2D eigenvalue weighted by Gasteiger charge is -2.35. The van der Waals surface area contributed by atoms with Gasteiger partial charge in [0.25, 0.3) is 0 Å². The van der Waals surface area contributed by atoms with E-state index in [9.17, 15) is 0 Å². The topological polar surface area (TPSA) is 21.7 Å². The van der Waals surface area contributed by atoms with Crippen molar-refractivity contribution in [3.05, 3.63) is 0 Å². The standard InChI is InChI=1S/C10H19NO2/c1-11-5-2-10(13-9-6-11)3-7-12-8-4-10/h2-9H2,1H3. The normalized spacial score (nSPS) is 30.2. The maximum atomic E-state index is 5.98. The highest BCUT2D eigenvalue weighted by atomic mass is 16.5. The lowest BCUT2D eigenvalue weighted by molar-refractivity contribution is -0.105. The Morgan fingerprint density at radius 1 is 1.00 bits per heavy atom. The third kappa shape index (κ3) is 2.22. The van der Waals surface area contributed by atoms with Crippen molar-refractivity contribution in [2.75, 3.05) is 40.0 Å². The Morgan fingerprint density at radius 2 is 1.77 bits per heavy atom. The van der Waals surface area contributed by atoms with Crippen molar-refractivity contribution in [1.82, 2.24) is 4.90 Å². The van der Waals surface area contributed by atoms with Gasteiger partial charge in [-0.1, -0.05) is 0 Å². The minimum atomic E-state index is 0.156. The molecule has 0 radical (unpaired) electrons. The number of ether oxygens (including phenoxy) is 2. The minimum absolute atomic E-state index is 0.156. The van der Waals surface area contributed by atoms with E-state index in [2.05, 4.69) is 11.9 Å². The molecule has 3 nitrogen and oxygen atoms in total. The Labute approximate surface area is 80.0 Å². The molecule has 0 aliphatic carbocycles. The van der Waals surface area contributed by atoms with Crippen LogP contribution in [-0.2, 0) is 9.47 Å². The monoisotopic (exact) mass is 185 g/mol. The van der Waals surface area contributed by atoms with E-state index in [-0.39, 0.29) is 5.60 Å². The fourth-order valence-corrected chi connectivity index (χ4v) is 2.13. The van der Waals surface area contributed by atoms with Gasteiger partial charge >= 0.3 is 0 Å². The zero-order valence-corrected chi connectivity index (χ0v) is 8.42. The van der Waals surface area contributed by atoms with Gasteiger partial charge in [0.1, 0.15) is 0 Å². The average Bonchev–Trinajstić information content (AvgIpc) is 2.32. The van der Waals surface area contributed by atoms with E-state index in [1.165, 1.54) is 13.0 Å². The summed E-state index contributed by atoms with van der Waals surface area (Å²) in [6.45, 7) is 4.88. The van der Waals surface area contributed by atoms with Crippen LogP contribution in [0.3, 0.4) is 0 Å². The first-order chi connectivity index (χ1) is 6.31. The number of rotatable bonds is 0. The van der Waals surface area contributed by atoms with Gasteiger partial charge in [0.05, 0.1) is 12.2 Å². The van der Waals surface area contributed by atoms with Crippen molar-refractivity contribution in [3.8, 4) is 0 Å². The molecule has 0 saturated carbocycles. The summed E-state index contributed by atoms with van der Waals surface area (Å²) < 4.78 is 11.4. The predicted molar refractivity (Wildman–Crippen MR) is 50.9 cm³/mol. The zero-order chi connectivity index (χ0) is 9.15. The molecule has 76 valence electrons. The molecule has 3 heteroatoms. The Kier molecular flexibility index (Phi) is 2.86. The molecule has 2 rings (SSSR count). The van der Waals surface area contributed by atoms with Crippen molar-refractivity contribution in [3.63, 3.8) is 0 Å². The van der Waals surface area contributed by atoms with Gasteiger partial charge < -0.3 is 14.4 Å². The summed E-state index contributed by atoms with van der Waals surface area (Å²) in [7, 11) is 2.17. The molecule has 0 amide bonds. The number of likely N-dealkylation sites (N-methyl/N-ethyl adjacent to an activating group) is 1. The number of nitrogens with zero attached hydrogens (tertiary/aromatic N) is 1. The lowest BCUT2D eigenvalue weighted by atomic mass is 9.90. The van der Waals surface area contributed by atoms with Gasteiger partial charge in [-0.05, 0) is 26.3 Å². The highest BCUT2D eigenvalue weighted by Gasteiger charge is 2.34. The van der Waals surface area contributed by atoms with Crippen molar-refractivity contribution in [2.45, 2.75) is 24.9 Å². The molecule has 13 heavy (non-hydrogen) atoms. The molecule has 2 heterocycles. The molecule has 0 N–H and O–H groups in total.